The second-order valence-electron chi connectivity index (χ2n) is 18.1. The number of aromatic nitrogens is 5. The third-order valence-electron chi connectivity index (χ3n) is 13.7. The van der Waals surface area contributed by atoms with Crippen molar-refractivity contribution in [3.8, 4) is 0 Å². The van der Waals surface area contributed by atoms with E-state index in [0.29, 0.717) is 36.8 Å². The number of nitrogens with one attached hydrogen (secondary N) is 3. The number of hydrogen-bond acceptors (Lipinski definition) is 12. The van der Waals surface area contributed by atoms with E-state index in [0.717, 1.165) is 74.4 Å². The molecule has 3 aromatic heterocycles. The lowest BCUT2D eigenvalue weighted by Crippen LogP contribution is -2.54. The van der Waals surface area contributed by atoms with Crippen LogP contribution in [0.5, 0.6) is 0 Å². The minimum absolute atomic E-state index is 0.0182. The first-order valence-corrected chi connectivity index (χ1v) is 22.7. The molecule has 0 spiro atoms. The van der Waals surface area contributed by atoms with Crippen LogP contribution in [0, 0.1) is 5.92 Å². The fourth-order valence-corrected chi connectivity index (χ4v) is 10.3. The summed E-state index contributed by atoms with van der Waals surface area (Å²) in [6.07, 6.45) is 8.01. The number of nitrogens with zero attached hydrogens (tertiary/aromatic N) is 8. The molecule has 3 atom stereocenters. The fraction of sp³-hybridized carbons (Fsp3) is 0.447. The maximum atomic E-state index is 14.3. The van der Waals surface area contributed by atoms with Crippen LogP contribution in [0.3, 0.4) is 0 Å². The Kier molecular flexibility index (Phi) is 11.8. The predicted octanol–water partition coefficient (Wildman–Crippen LogP) is 5.05. The van der Waals surface area contributed by atoms with Gasteiger partial charge in [0.2, 0.25) is 11.8 Å². The molecule has 5 aromatic rings. The monoisotopic (exact) mass is 903 g/mol. The van der Waals surface area contributed by atoms with Crippen molar-refractivity contribution in [3.05, 3.63) is 101 Å². The highest BCUT2D eigenvalue weighted by Gasteiger charge is 2.46. The van der Waals surface area contributed by atoms with E-state index in [-0.39, 0.29) is 53.4 Å². The summed E-state index contributed by atoms with van der Waals surface area (Å²) < 4.78 is 37.5. The number of carbonyl (C=O) groups excluding carboxylic acids is 5. The highest BCUT2D eigenvalue weighted by molar-refractivity contribution is 6.25. The number of anilines is 3. The molecule has 5 aliphatic rings. The Morgan fingerprint density at radius 1 is 0.970 bits per heavy atom. The second kappa shape index (κ2) is 18.0. The molecule has 344 valence electrons. The van der Waals surface area contributed by atoms with E-state index in [1.54, 1.807) is 29.1 Å². The zero-order chi connectivity index (χ0) is 45.6. The zero-order valence-corrected chi connectivity index (χ0v) is 36.5. The van der Waals surface area contributed by atoms with Gasteiger partial charge in [-0.05, 0) is 93.7 Å². The summed E-state index contributed by atoms with van der Waals surface area (Å²) in [4.78, 5) is 74.7. The average Bonchev–Trinajstić information content (AvgIpc) is 4.16. The van der Waals surface area contributed by atoms with Gasteiger partial charge in [0.1, 0.15) is 17.4 Å². The molecule has 7 heterocycles. The third-order valence-corrected chi connectivity index (χ3v) is 13.7. The Bertz CT molecular complexity index is 2710. The van der Waals surface area contributed by atoms with Crippen molar-refractivity contribution in [2.75, 3.05) is 55.4 Å². The first-order chi connectivity index (χ1) is 32.0. The molecule has 17 nitrogen and oxygen atoms in total. The molecule has 0 radical (unpaired) electrons. The molecule has 1 aliphatic carbocycles. The molecule has 1 saturated carbocycles. The van der Waals surface area contributed by atoms with Crippen LogP contribution in [-0.2, 0) is 27.2 Å². The van der Waals surface area contributed by atoms with Gasteiger partial charge in [-0.1, -0.05) is 30.3 Å². The molecule has 10 rings (SSSR count). The number of alkyl halides is 2. The van der Waals surface area contributed by atoms with Gasteiger partial charge in [-0.3, -0.25) is 38.9 Å². The minimum atomic E-state index is -2.87. The summed E-state index contributed by atoms with van der Waals surface area (Å²) in [5.41, 5.74) is 3.38. The van der Waals surface area contributed by atoms with Crippen molar-refractivity contribution in [2.24, 2.45) is 5.92 Å². The van der Waals surface area contributed by atoms with E-state index >= 15 is 0 Å². The first kappa shape index (κ1) is 43.3. The van der Waals surface area contributed by atoms with Gasteiger partial charge in [0.25, 0.3) is 24.1 Å². The maximum absolute atomic E-state index is 14.3. The Morgan fingerprint density at radius 2 is 1.77 bits per heavy atom. The van der Waals surface area contributed by atoms with E-state index in [2.05, 4.69) is 61.2 Å². The number of rotatable bonds is 15. The molecule has 4 fully saturated rings. The summed E-state index contributed by atoms with van der Waals surface area (Å²) in [6.45, 7) is 3.64. The molecular formula is C47H51F2N11O6. The number of imide groups is 2. The van der Waals surface area contributed by atoms with E-state index in [1.165, 1.54) is 22.5 Å². The number of likely N-dealkylation sites (N-methyl/N-ethyl adjacent to an activating group) is 1. The molecule has 4 aliphatic heterocycles. The number of ether oxygens (including phenoxy) is 1. The van der Waals surface area contributed by atoms with Crippen LogP contribution < -0.4 is 20.9 Å². The number of morpholine rings is 1. The lowest BCUT2D eigenvalue weighted by molar-refractivity contribution is -0.136. The molecule has 19 heteroatoms. The van der Waals surface area contributed by atoms with Gasteiger partial charge in [0, 0.05) is 50.7 Å². The van der Waals surface area contributed by atoms with Gasteiger partial charge in [0.05, 0.1) is 47.8 Å². The highest BCUT2D eigenvalue weighted by atomic mass is 19.3. The van der Waals surface area contributed by atoms with E-state index in [4.69, 9.17) is 9.72 Å². The smallest absolute Gasteiger partial charge is 0.284 e. The van der Waals surface area contributed by atoms with Gasteiger partial charge >= 0.3 is 0 Å². The van der Waals surface area contributed by atoms with Crippen LogP contribution in [0.2, 0.25) is 0 Å². The van der Waals surface area contributed by atoms with E-state index < -0.39 is 47.7 Å². The standard InChI is InChI=1S/C47H51F2N11O6/c1-56(18-15-28-5-2-4-27(20-28)14-17-50-35-7-3-6-33-40(35)47(65)60(46(33)64)37-12-13-39(61)54-45(37)63)23-29-8-10-30(11-9-29)59-25-36(41(55-59)42(48)49)52-44(62)34-22-51-58-19-16-38(53-43(34)58)57-24-32-21-31(57)26-66-32/h2-7,16,19-20,22,25,29-32,37,42,50H,8-15,17-18,21,23-24,26H2,1H3,(H,52,62)(H,54,61,63)/t29-,30-,31-,32-,37?/m1/s1. The van der Waals surface area contributed by atoms with Gasteiger partial charge in [-0.15, -0.1) is 0 Å². The number of benzene rings is 2. The molecule has 2 bridgehead atoms. The van der Waals surface area contributed by atoms with Crippen molar-refractivity contribution in [1.82, 2.24) is 39.5 Å². The largest absolute Gasteiger partial charge is 0.384 e. The molecule has 66 heavy (non-hydrogen) atoms. The molecule has 3 N–H and O–H groups in total. The fourth-order valence-electron chi connectivity index (χ4n) is 10.3. The summed E-state index contributed by atoms with van der Waals surface area (Å²) in [6, 6.07) is 14.4. The molecular weight excluding hydrogens is 853 g/mol. The SMILES string of the molecule is CN(CCc1cccc(CCNc2cccc3c2C(=O)N(C2CCC(=O)NC2=O)C3=O)c1)C[C@H]1CC[C@H](n2cc(NC(=O)c3cnn4ccc(N5C[C@H]6C[C@@H]5CO6)nc34)c(C(F)F)n2)CC1. The molecule has 2 aromatic carbocycles. The minimum Gasteiger partial charge on any atom is -0.384 e. The van der Waals surface area contributed by atoms with Crippen molar-refractivity contribution < 1.29 is 37.5 Å². The van der Waals surface area contributed by atoms with Crippen LogP contribution in [0.1, 0.15) is 105 Å². The van der Waals surface area contributed by atoms with Crippen molar-refractivity contribution in [2.45, 2.75) is 88.4 Å². The first-order valence-electron chi connectivity index (χ1n) is 22.7. The van der Waals surface area contributed by atoms with Crippen molar-refractivity contribution >= 4 is 52.4 Å². The Morgan fingerprint density at radius 3 is 2.53 bits per heavy atom. The van der Waals surface area contributed by atoms with Crippen molar-refractivity contribution in [3.63, 3.8) is 0 Å². The van der Waals surface area contributed by atoms with Crippen LogP contribution in [0.4, 0.5) is 26.0 Å². The molecule has 1 unspecified atom stereocenters. The van der Waals surface area contributed by atoms with Gasteiger partial charge in [-0.2, -0.15) is 10.2 Å². The Hall–Kier alpha value is -6.60. The van der Waals surface area contributed by atoms with Crippen LogP contribution in [0.15, 0.2) is 67.1 Å². The quantitative estimate of drug-likeness (QED) is 0.119. The number of hydrogen-bond donors (Lipinski definition) is 3. The van der Waals surface area contributed by atoms with Crippen molar-refractivity contribution in [1.29, 1.82) is 0 Å². The van der Waals surface area contributed by atoms with E-state index in [9.17, 15) is 32.8 Å². The number of halogens is 2. The van der Waals surface area contributed by atoms with E-state index in [1.807, 2.05) is 12.1 Å². The Labute approximate surface area is 378 Å². The molecule has 3 saturated heterocycles. The summed E-state index contributed by atoms with van der Waals surface area (Å²) in [5, 5.41) is 16.8. The molecule has 5 amide bonds. The highest BCUT2D eigenvalue weighted by Crippen LogP contribution is 2.37. The lowest BCUT2D eigenvalue weighted by Gasteiger charge is -2.31. The van der Waals surface area contributed by atoms with Crippen LogP contribution >= 0.6 is 0 Å². The number of fused-ring (bicyclic) bond motifs is 4. The second-order valence-corrected chi connectivity index (χ2v) is 18.1. The normalized spacial score (nSPS) is 22.8. The summed E-state index contributed by atoms with van der Waals surface area (Å²) >= 11 is 0. The lowest BCUT2D eigenvalue weighted by atomic mass is 9.86. The topological polar surface area (TPSA) is 188 Å². The predicted molar refractivity (Wildman–Crippen MR) is 238 cm³/mol. The third kappa shape index (κ3) is 8.52. The van der Waals surface area contributed by atoms with Gasteiger partial charge in [-0.25, -0.2) is 18.3 Å². The zero-order valence-electron chi connectivity index (χ0n) is 36.5. The summed E-state index contributed by atoms with van der Waals surface area (Å²) in [5.74, 6) is -1.55. The van der Waals surface area contributed by atoms with Gasteiger partial charge in [0.15, 0.2) is 11.3 Å². The van der Waals surface area contributed by atoms with Crippen LogP contribution in [0.25, 0.3) is 5.65 Å². The summed E-state index contributed by atoms with van der Waals surface area (Å²) in [7, 11) is 2.12. The van der Waals surface area contributed by atoms with Gasteiger partial charge < -0.3 is 25.2 Å². The number of piperidine rings is 1. The maximum Gasteiger partial charge on any atom is 0.284 e. The number of carbonyl (C=O) groups is 5. The Balaban J connectivity index is 0.692. The average molecular weight is 904 g/mol. The number of amides is 5. The van der Waals surface area contributed by atoms with Crippen LogP contribution in [-0.4, -0.2) is 122 Å².